The summed E-state index contributed by atoms with van der Waals surface area (Å²) in [5, 5.41) is 0. The summed E-state index contributed by atoms with van der Waals surface area (Å²) in [7, 11) is 1.49. The molecule has 152 valence electrons. The number of hydrogen-bond acceptors (Lipinski definition) is 3. The number of hydrogen-bond donors (Lipinski definition) is 0. The van der Waals surface area contributed by atoms with Gasteiger partial charge in [-0.2, -0.15) is 0 Å². The quantitative estimate of drug-likeness (QED) is 0.730. The molecule has 1 saturated heterocycles. The maximum Gasteiger partial charge on any atom is 0.311 e. The third-order valence-electron chi connectivity index (χ3n) is 7.59. The van der Waals surface area contributed by atoms with Crippen LogP contribution in [-0.2, 0) is 19.7 Å². The van der Waals surface area contributed by atoms with E-state index >= 15 is 0 Å². The molecule has 1 aromatic carbocycles. The molecule has 1 amide bonds. The second-order valence-electron chi connectivity index (χ2n) is 10.1. The van der Waals surface area contributed by atoms with Crippen molar-refractivity contribution in [3.8, 4) is 0 Å². The number of methoxy groups -OCH3 is 1. The zero-order chi connectivity index (χ0) is 20.0. The van der Waals surface area contributed by atoms with Crippen LogP contribution in [-0.4, -0.2) is 37.0 Å². The highest BCUT2D eigenvalue weighted by atomic mass is 16.5. The lowest BCUT2D eigenvalue weighted by Gasteiger charge is -2.57. The van der Waals surface area contributed by atoms with Gasteiger partial charge in [0.2, 0.25) is 5.91 Å². The predicted molar refractivity (Wildman–Crippen MR) is 109 cm³/mol. The minimum absolute atomic E-state index is 0.105. The molecule has 1 heterocycles. The number of fused-ring (bicyclic) bond motifs is 2. The highest BCUT2D eigenvalue weighted by molar-refractivity contribution is 5.83. The SMILES string of the molecule is COC(=O)C1(C)CC2CC(C)(C(=O)N3CCCC3)CC(c3ccccc3)(C2)C1. The Morgan fingerprint density at radius 1 is 0.964 bits per heavy atom. The van der Waals surface area contributed by atoms with Crippen LogP contribution < -0.4 is 0 Å². The van der Waals surface area contributed by atoms with Crippen LogP contribution in [0.1, 0.15) is 64.4 Å². The average molecular weight is 384 g/mol. The summed E-state index contributed by atoms with van der Waals surface area (Å²) in [5.74, 6) is 0.590. The summed E-state index contributed by atoms with van der Waals surface area (Å²) >= 11 is 0. The zero-order valence-corrected chi connectivity index (χ0v) is 17.5. The first-order chi connectivity index (χ1) is 13.3. The van der Waals surface area contributed by atoms with Crippen molar-refractivity contribution in [1.29, 1.82) is 0 Å². The van der Waals surface area contributed by atoms with Gasteiger partial charge >= 0.3 is 5.97 Å². The highest BCUT2D eigenvalue weighted by Crippen LogP contribution is 2.61. The van der Waals surface area contributed by atoms with Crippen LogP contribution in [0.15, 0.2) is 30.3 Å². The summed E-state index contributed by atoms with van der Waals surface area (Å²) in [6, 6.07) is 10.6. The van der Waals surface area contributed by atoms with Gasteiger partial charge in [0.05, 0.1) is 12.5 Å². The largest absolute Gasteiger partial charge is 0.469 e. The number of rotatable bonds is 3. The molecule has 3 aliphatic rings. The van der Waals surface area contributed by atoms with Gasteiger partial charge < -0.3 is 9.64 Å². The third-order valence-corrected chi connectivity index (χ3v) is 7.59. The van der Waals surface area contributed by atoms with Gasteiger partial charge in [0.1, 0.15) is 0 Å². The van der Waals surface area contributed by atoms with Crippen molar-refractivity contribution in [2.45, 2.75) is 64.2 Å². The molecule has 1 aromatic rings. The van der Waals surface area contributed by atoms with E-state index in [1.165, 1.54) is 12.7 Å². The second kappa shape index (κ2) is 6.89. The minimum Gasteiger partial charge on any atom is -0.469 e. The number of likely N-dealkylation sites (tertiary alicyclic amines) is 1. The first-order valence-electron chi connectivity index (χ1n) is 10.7. The molecule has 2 saturated carbocycles. The molecular formula is C24H33NO3. The number of carbonyl (C=O) groups is 2. The van der Waals surface area contributed by atoms with E-state index in [2.05, 4.69) is 43.0 Å². The Morgan fingerprint density at radius 3 is 2.21 bits per heavy atom. The van der Waals surface area contributed by atoms with Crippen molar-refractivity contribution in [2.75, 3.05) is 20.2 Å². The molecule has 0 radical (unpaired) electrons. The standard InChI is InChI=1S/C24H33NO3/c1-22(20(26)25-11-7-8-12-25)13-18-14-23(2,21(27)28-3)17-24(15-18,16-22)19-9-5-4-6-10-19/h4-6,9-10,18H,7-8,11-17H2,1-3H3. The molecule has 4 nitrogen and oxygen atoms in total. The summed E-state index contributed by atoms with van der Waals surface area (Å²) in [4.78, 5) is 28.3. The molecule has 0 spiro atoms. The van der Waals surface area contributed by atoms with Crippen LogP contribution >= 0.6 is 0 Å². The van der Waals surface area contributed by atoms with Crippen LogP contribution in [0.5, 0.6) is 0 Å². The van der Waals surface area contributed by atoms with Gasteiger partial charge in [-0.15, -0.1) is 0 Å². The summed E-state index contributed by atoms with van der Waals surface area (Å²) in [6.07, 6.45) is 6.58. The molecule has 4 unspecified atom stereocenters. The zero-order valence-electron chi connectivity index (χ0n) is 17.5. The molecule has 1 aliphatic heterocycles. The van der Waals surface area contributed by atoms with Crippen LogP contribution in [0.3, 0.4) is 0 Å². The van der Waals surface area contributed by atoms with Crippen molar-refractivity contribution in [2.24, 2.45) is 16.7 Å². The van der Waals surface area contributed by atoms with E-state index in [4.69, 9.17) is 4.74 Å². The lowest BCUT2D eigenvalue weighted by Crippen LogP contribution is -2.56. The Kier molecular flexibility index (Phi) is 4.79. The van der Waals surface area contributed by atoms with E-state index in [0.29, 0.717) is 11.8 Å². The van der Waals surface area contributed by atoms with Gasteiger partial charge in [0.25, 0.3) is 0 Å². The van der Waals surface area contributed by atoms with E-state index in [1.54, 1.807) is 0 Å². The normalized spacial score (nSPS) is 37.5. The molecule has 3 fully saturated rings. The smallest absolute Gasteiger partial charge is 0.311 e. The fourth-order valence-corrected chi connectivity index (χ4v) is 6.87. The monoisotopic (exact) mass is 383 g/mol. The number of amides is 1. The van der Waals surface area contributed by atoms with E-state index in [9.17, 15) is 9.59 Å². The van der Waals surface area contributed by atoms with Gasteiger partial charge in [-0.25, -0.2) is 0 Å². The molecule has 4 heteroatoms. The van der Waals surface area contributed by atoms with Gasteiger partial charge in [-0.1, -0.05) is 37.3 Å². The van der Waals surface area contributed by atoms with Crippen LogP contribution in [0.4, 0.5) is 0 Å². The van der Waals surface area contributed by atoms with Crippen LogP contribution in [0.2, 0.25) is 0 Å². The molecule has 2 bridgehead atoms. The van der Waals surface area contributed by atoms with Crippen molar-refractivity contribution >= 4 is 11.9 Å². The minimum atomic E-state index is -0.481. The van der Waals surface area contributed by atoms with Gasteiger partial charge in [0, 0.05) is 18.5 Å². The van der Waals surface area contributed by atoms with Gasteiger partial charge in [-0.05, 0) is 68.8 Å². The maximum atomic E-state index is 13.5. The van der Waals surface area contributed by atoms with Gasteiger partial charge in [0.15, 0.2) is 0 Å². The Hall–Kier alpha value is -1.84. The Bertz CT molecular complexity index is 756. The van der Waals surface area contributed by atoms with Gasteiger partial charge in [-0.3, -0.25) is 9.59 Å². The number of nitrogens with zero attached hydrogens (tertiary/aromatic N) is 1. The second-order valence-corrected chi connectivity index (χ2v) is 10.1. The average Bonchev–Trinajstić information content (AvgIpc) is 3.21. The molecule has 28 heavy (non-hydrogen) atoms. The molecule has 4 atom stereocenters. The van der Waals surface area contributed by atoms with E-state index in [1.807, 2.05) is 6.07 Å². The fourth-order valence-electron chi connectivity index (χ4n) is 6.87. The lowest BCUT2D eigenvalue weighted by atomic mass is 9.47. The van der Waals surface area contributed by atoms with Crippen molar-refractivity contribution in [3.05, 3.63) is 35.9 Å². The Balaban J connectivity index is 1.73. The lowest BCUT2D eigenvalue weighted by molar-refractivity contribution is -0.162. The van der Waals surface area contributed by atoms with Crippen molar-refractivity contribution < 1.29 is 14.3 Å². The topological polar surface area (TPSA) is 46.6 Å². The molecular weight excluding hydrogens is 350 g/mol. The third kappa shape index (κ3) is 3.15. The maximum absolute atomic E-state index is 13.5. The van der Waals surface area contributed by atoms with Crippen LogP contribution in [0, 0.1) is 16.7 Å². The summed E-state index contributed by atoms with van der Waals surface area (Å²) in [5.41, 5.74) is 0.302. The molecule has 0 N–H and O–H groups in total. The fraction of sp³-hybridized carbons (Fsp3) is 0.667. The molecule has 2 aliphatic carbocycles. The van der Waals surface area contributed by atoms with Crippen LogP contribution in [0.25, 0.3) is 0 Å². The number of ether oxygens (including phenoxy) is 1. The van der Waals surface area contributed by atoms with Crippen molar-refractivity contribution in [1.82, 2.24) is 4.90 Å². The van der Waals surface area contributed by atoms with E-state index in [-0.39, 0.29) is 16.8 Å². The number of carbonyl (C=O) groups excluding carboxylic acids is 2. The van der Waals surface area contributed by atoms with Crippen molar-refractivity contribution in [3.63, 3.8) is 0 Å². The first-order valence-corrected chi connectivity index (χ1v) is 10.7. The van der Waals surface area contributed by atoms with E-state index < -0.39 is 5.41 Å². The summed E-state index contributed by atoms with van der Waals surface area (Å²) < 4.78 is 5.21. The molecule has 0 aromatic heterocycles. The predicted octanol–water partition coefficient (Wildman–Crippen LogP) is 4.33. The number of esters is 1. The first kappa shape index (κ1) is 19.5. The Labute approximate surface area is 168 Å². The number of benzene rings is 1. The highest BCUT2D eigenvalue weighted by Gasteiger charge is 2.59. The van der Waals surface area contributed by atoms with E-state index in [0.717, 1.165) is 58.0 Å². The Morgan fingerprint density at radius 2 is 1.57 bits per heavy atom. The molecule has 4 rings (SSSR count). The summed E-state index contributed by atoms with van der Waals surface area (Å²) in [6.45, 7) is 6.04.